The van der Waals surface area contributed by atoms with E-state index in [1.165, 1.54) is 24.3 Å². The Kier molecular flexibility index (Phi) is 6.12. The molecule has 0 aliphatic rings. The molecule has 0 aromatic heterocycles. The van der Waals surface area contributed by atoms with Crippen molar-refractivity contribution in [2.75, 3.05) is 6.61 Å². The van der Waals surface area contributed by atoms with Crippen LogP contribution in [0.1, 0.15) is 12.8 Å². The van der Waals surface area contributed by atoms with Gasteiger partial charge in [-0.3, -0.25) is 9.59 Å². The number of primary amides is 1. The van der Waals surface area contributed by atoms with Crippen molar-refractivity contribution in [2.45, 2.75) is 18.9 Å². The van der Waals surface area contributed by atoms with Crippen LogP contribution in [0.4, 0.5) is 4.39 Å². The van der Waals surface area contributed by atoms with E-state index in [2.05, 4.69) is 5.32 Å². The van der Waals surface area contributed by atoms with Gasteiger partial charge in [0.05, 0.1) is 0 Å². The van der Waals surface area contributed by atoms with E-state index in [-0.39, 0.29) is 18.6 Å². The fourth-order valence-electron chi connectivity index (χ4n) is 1.49. The molecule has 8 heteroatoms. The molecule has 1 aromatic carbocycles. The number of para-hydroxylation sites is 1. The Morgan fingerprint density at radius 1 is 1.33 bits per heavy atom. The average molecular weight is 298 g/mol. The third-order valence-corrected chi connectivity index (χ3v) is 2.51. The largest absolute Gasteiger partial charge is 0.481 e. The van der Waals surface area contributed by atoms with E-state index >= 15 is 0 Å². The van der Waals surface area contributed by atoms with Crippen molar-refractivity contribution in [3.8, 4) is 5.75 Å². The number of carbonyl (C=O) groups is 3. The first-order chi connectivity index (χ1) is 9.90. The van der Waals surface area contributed by atoms with Gasteiger partial charge in [-0.1, -0.05) is 12.1 Å². The molecule has 0 aliphatic carbocycles. The molecule has 2 amide bonds. The summed E-state index contributed by atoms with van der Waals surface area (Å²) in [6.07, 6.45) is -0.304. The lowest BCUT2D eigenvalue weighted by Crippen LogP contribution is -2.43. The maximum Gasteiger partial charge on any atom is 0.326 e. The average Bonchev–Trinajstić information content (AvgIpc) is 2.42. The van der Waals surface area contributed by atoms with Gasteiger partial charge in [0.25, 0.3) is 5.91 Å². The zero-order valence-electron chi connectivity index (χ0n) is 11.0. The molecule has 0 saturated carbocycles. The standard InChI is InChI=1S/C13H15FN2O5/c14-8-3-1-2-4-10(8)21-7-12(18)16-9(13(19)20)5-6-11(15)17/h1-4,9H,5-7H2,(H2,15,17)(H,16,18)(H,19,20)/t9-/m0/s1. The number of carboxylic acids is 1. The Labute approximate surface area is 119 Å². The molecule has 1 aromatic rings. The van der Waals surface area contributed by atoms with Gasteiger partial charge in [-0.2, -0.15) is 0 Å². The molecule has 1 atom stereocenters. The number of hydrogen-bond acceptors (Lipinski definition) is 4. The first kappa shape index (κ1) is 16.4. The SMILES string of the molecule is NC(=O)CC[C@H](NC(=O)COc1ccccc1F)C(=O)O. The van der Waals surface area contributed by atoms with E-state index in [9.17, 15) is 18.8 Å². The summed E-state index contributed by atoms with van der Waals surface area (Å²) in [5.41, 5.74) is 4.91. The number of carbonyl (C=O) groups excluding carboxylic acids is 2. The molecule has 4 N–H and O–H groups in total. The minimum absolute atomic E-state index is 0.114. The van der Waals surface area contributed by atoms with Crippen LogP contribution in [0.25, 0.3) is 0 Å². The van der Waals surface area contributed by atoms with Crippen LogP contribution in [0.2, 0.25) is 0 Å². The molecule has 7 nitrogen and oxygen atoms in total. The molecule has 0 unspecified atom stereocenters. The summed E-state index contributed by atoms with van der Waals surface area (Å²) < 4.78 is 18.2. The number of rotatable bonds is 8. The number of nitrogens with one attached hydrogen (secondary N) is 1. The van der Waals surface area contributed by atoms with Gasteiger partial charge >= 0.3 is 5.97 Å². The fourth-order valence-corrected chi connectivity index (χ4v) is 1.49. The number of halogens is 1. The van der Waals surface area contributed by atoms with Crippen LogP contribution in [-0.4, -0.2) is 35.5 Å². The van der Waals surface area contributed by atoms with Crippen molar-refractivity contribution in [2.24, 2.45) is 5.73 Å². The number of ether oxygens (including phenoxy) is 1. The molecule has 1 rings (SSSR count). The number of nitrogens with two attached hydrogens (primary N) is 1. The number of hydrogen-bond donors (Lipinski definition) is 3. The molecule has 0 saturated heterocycles. The summed E-state index contributed by atoms with van der Waals surface area (Å²) >= 11 is 0. The van der Waals surface area contributed by atoms with Gasteiger partial charge in [-0.05, 0) is 18.6 Å². The maximum atomic E-state index is 13.2. The van der Waals surface area contributed by atoms with Crippen molar-refractivity contribution < 1.29 is 28.6 Å². The fraction of sp³-hybridized carbons (Fsp3) is 0.308. The van der Waals surface area contributed by atoms with Crippen LogP contribution < -0.4 is 15.8 Å². The van der Waals surface area contributed by atoms with E-state index in [4.69, 9.17) is 15.6 Å². The summed E-state index contributed by atoms with van der Waals surface area (Å²) in [6, 6.07) is 4.24. The Balaban J connectivity index is 2.49. The van der Waals surface area contributed by atoms with Gasteiger partial charge in [-0.25, -0.2) is 9.18 Å². The van der Waals surface area contributed by atoms with Crippen LogP contribution in [0.3, 0.4) is 0 Å². The highest BCUT2D eigenvalue weighted by atomic mass is 19.1. The second-order valence-electron chi connectivity index (χ2n) is 4.18. The van der Waals surface area contributed by atoms with Crippen molar-refractivity contribution in [3.63, 3.8) is 0 Å². The van der Waals surface area contributed by atoms with E-state index < -0.39 is 36.2 Å². The number of carboxylic acid groups (broad SMARTS) is 1. The highest BCUT2D eigenvalue weighted by molar-refractivity contribution is 5.85. The maximum absolute atomic E-state index is 13.2. The zero-order chi connectivity index (χ0) is 15.8. The second-order valence-corrected chi connectivity index (χ2v) is 4.18. The number of aliphatic carboxylic acids is 1. The molecule has 21 heavy (non-hydrogen) atoms. The Morgan fingerprint density at radius 3 is 2.57 bits per heavy atom. The summed E-state index contributed by atoms with van der Waals surface area (Å²) in [5, 5.41) is 11.1. The lowest BCUT2D eigenvalue weighted by Gasteiger charge is -2.14. The molecule has 0 heterocycles. The topological polar surface area (TPSA) is 119 Å². The third kappa shape index (κ3) is 5.89. The molecule has 0 spiro atoms. The molecule has 0 fully saturated rings. The normalized spacial score (nSPS) is 11.5. The molecular weight excluding hydrogens is 283 g/mol. The number of benzene rings is 1. The quantitative estimate of drug-likeness (QED) is 0.626. The van der Waals surface area contributed by atoms with Crippen LogP contribution in [0.5, 0.6) is 5.75 Å². The van der Waals surface area contributed by atoms with Crippen LogP contribution in [0.15, 0.2) is 24.3 Å². The predicted molar refractivity (Wildman–Crippen MR) is 69.9 cm³/mol. The van der Waals surface area contributed by atoms with Gasteiger partial charge in [-0.15, -0.1) is 0 Å². The Morgan fingerprint density at radius 2 is 2.00 bits per heavy atom. The predicted octanol–water partition coefficient (Wildman–Crippen LogP) is 0.0394. The monoisotopic (exact) mass is 298 g/mol. The second kappa shape index (κ2) is 7.83. The van der Waals surface area contributed by atoms with Gasteiger partial charge in [0, 0.05) is 6.42 Å². The minimum atomic E-state index is -1.30. The third-order valence-electron chi connectivity index (χ3n) is 2.51. The Hall–Kier alpha value is -2.64. The van der Waals surface area contributed by atoms with E-state index in [0.717, 1.165) is 0 Å². The van der Waals surface area contributed by atoms with Crippen LogP contribution in [-0.2, 0) is 14.4 Å². The van der Waals surface area contributed by atoms with Gasteiger partial charge < -0.3 is 20.9 Å². The van der Waals surface area contributed by atoms with Crippen molar-refractivity contribution in [1.82, 2.24) is 5.32 Å². The van der Waals surface area contributed by atoms with Gasteiger partial charge in [0.2, 0.25) is 5.91 Å². The number of amides is 2. The lowest BCUT2D eigenvalue weighted by atomic mass is 10.1. The van der Waals surface area contributed by atoms with Crippen LogP contribution >= 0.6 is 0 Å². The lowest BCUT2D eigenvalue weighted by molar-refractivity contribution is -0.142. The molecular formula is C13H15FN2O5. The smallest absolute Gasteiger partial charge is 0.326 e. The summed E-state index contributed by atoms with van der Waals surface area (Å²) in [4.78, 5) is 33.1. The molecule has 0 bridgehead atoms. The van der Waals surface area contributed by atoms with Gasteiger partial charge in [0.1, 0.15) is 6.04 Å². The molecule has 0 radical (unpaired) electrons. The summed E-state index contributed by atoms with van der Waals surface area (Å²) in [7, 11) is 0. The van der Waals surface area contributed by atoms with E-state index in [1.807, 2.05) is 0 Å². The first-order valence-electron chi connectivity index (χ1n) is 6.08. The minimum Gasteiger partial charge on any atom is -0.481 e. The molecule has 0 aliphatic heterocycles. The van der Waals surface area contributed by atoms with Crippen molar-refractivity contribution in [3.05, 3.63) is 30.1 Å². The molecule has 114 valence electrons. The summed E-state index contributed by atoms with van der Waals surface area (Å²) in [6.45, 7) is -0.540. The van der Waals surface area contributed by atoms with E-state index in [0.29, 0.717) is 0 Å². The van der Waals surface area contributed by atoms with E-state index in [1.54, 1.807) is 0 Å². The first-order valence-corrected chi connectivity index (χ1v) is 6.08. The highest BCUT2D eigenvalue weighted by Gasteiger charge is 2.20. The highest BCUT2D eigenvalue weighted by Crippen LogP contribution is 2.14. The Bertz CT molecular complexity index is 535. The summed E-state index contributed by atoms with van der Waals surface area (Å²) in [5.74, 6) is -3.45. The van der Waals surface area contributed by atoms with Crippen LogP contribution in [0, 0.1) is 5.82 Å². The van der Waals surface area contributed by atoms with Gasteiger partial charge in [0.15, 0.2) is 18.2 Å². The van der Waals surface area contributed by atoms with Crippen molar-refractivity contribution in [1.29, 1.82) is 0 Å². The zero-order valence-corrected chi connectivity index (χ0v) is 11.0. The van der Waals surface area contributed by atoms with Crippen molar-refractivity contribution >= 4 is 17.8 Å².